The Morgan fingerprint density at radius 2 is 2.31 bits per heavy atom. The average Bonchev–Trinajstić information content (AvgIpc) is 2.76. The van der Waals surface area contributed by atoms with Gasteiger partial charge in [0.15, 0.2) is 0 Å². The van der Waals surface area contributed by atoms with Crippen LogP contribution in [0.3, 0.4) is 0 Å². The maximum atomic E-state index is 5.63. The van der Waals surface area contributed by atoms with Crippen LogP contribution in [0.4, 0.5) is 5.82 Å². The molecule has 16 heavy (non-hydrogen) atoms. The van der Waals surface area contributed by atoms with E-state index in [1.165, 1.54) is 0 Å². The van der Waals surface area contributed by atoms with Gasteiger partial charge in [-0.25, -0.2) is 4.98 Å². The highest BCUT2D eigenvalue weighted by atomic mass is 16.3. The summed E-state index contributed by atoms with van der Waals surface area (Å²) in [6.07, 6.45) is 3.46. The number of hydrogen-bond acceptors (Lipinski definition) is 4. The van der Waals surface area contributed by atoms with Crippen molar-refractivity contribution in [2.45, 2.75) is 6.92 Å². The molecule has 0 amide bonds. The molecular weight excluding hydrogens is 202 g/mol. The van der Waals surface area contributed by atoms with E-state index < -0.39 is 0 Å². The molecule has 0 saturated heterocycles. The minimum absolute atomic E-state index is 0.453. The van der Waals surface area contributed by atoms with Gasteiger partial charge >= 0.3 is 0 Å². The number of hydrogen-bond donors (Lipinski definition) is 1. The largest absolute Gasteiger partial charge is 0.464 e. The van der Waals surface area contributed by atoms with Crippen molar-refractivity contribution in [3.63, 3.8) is 0 Å². The second-order valence-electron chi connectivity index (χ2n) is 4.19. The molecule has 2 aromatic heterocycles. The van der Waals surface area contributed by atoms with Crippen molar-refractivity contribution in [2.75, 3.05) is 25.0 Å². The first-order chi connectivity index (χ1) is 7.72. The molecule has 2 N–H and O–H groups in total. The van der Waals surface area contributed by atoms with E-state index in [0.717, 1.165) is 23.3 Å². The minimum Gasteiger partial charge on any atom is -0.464 e. The fourth-order valence-corrected chi connectivity index (χ4v) is 1.81. The van der Waals surface area contributed by atoms with Crippen molar-refractivity contribution in [3.8, 4) is 0 Å². The van der Waals surface area contributed by atoms with Crippen LogP contribution in [-0.4, -0.2) is 25.1 Å². The molecule has 2 heterocycles. The number of pyridine rings is 1. The molecule has 1 unspecified atom stereocenters. The summed E-state index contributed by atoms with van der Waals surface area (Å²) < 4.78 is 5.35. The molecule has 2 aromatic rings. The Hall–Kier alpha value is -1.55. The van der Waals surface area contributed by atoms with Crippen molar-refractivity contribution in [3.05, 3.63) is 24.6 Å². The van der Waals surface area contributed by atoms with Gasteiger partial charge in [0.25, 0.3) is 0 Å². The van der Waals surface area contributed by atoms with Crippen molar-refractivity contribution in [1.82, 2.24) is 4.98 Å². The topological polar surface area (TPSA) is 55.3 Å². The molecule has 0 spiro atoms. The zero-order chi connectivity index (χ0) is 11.5. The van der Waals surface area contributed by atoms with Crippen molar-refractivity contribution in [1.29, 1.82) is 0 Å². The molecule has 2 rings (SSSR count). The lowest BCUT2D eigenvalue weighted by molar-refractivity contribution is 0.588. The standard InChI is InChI=1S/C12H17N3O/c1-9(7-13)8-15(2)12-10-4-6-16-11(10)3-5-14-12/h3-6,9H,7-8,13H2,1-2H3. The van der Waals surface area contributed by atoms with Gasteiger partial charge in [0.2, 0.25) is 0 Å². The monoisotopic (exact) mass is 219 g/mol. The Morgan fingerprint density at radius 3 is 3.06 bits per heavy atom. The molecule has 0 radical (unpaired) electrons. The van der Waals surface area contributed by atoms with Crippen LogP contribution in [0.1, 0.15) is 6.92 Å². The van der Waals surface area contributed by atoms with E-state index in [9.17, 15) is 0 Å². The van der Waals surface area contributed by atoms with E-state index in [-0.39, 0.29) is 0 Å². The number of anilines is 1. The van der Waals surface area contributed by atoms with Gasteiger partial charge in [-0.3, -0.25) is 0 Å². The molecule has 4 nitrogen and oxygen atoms in total. The number of aromatic nitrogens is 1. The molecule has 86 valence electrons. The van der Waals surface area contributed by atoms with Crippen LogP contribution in [0.2, 0.25) is 0 Å². The van der Waals surface area contributed by atoms with E-state index in [1.807, 2.05) is 19.2 Å². The molecule has 1 atom stereocenters. The second kappa shape index (κ2) is 4.53. The maximum Gasteiger partial charge on any atom is 0.139 e. The Labute approximate surface area is 95.1 Å². The molecular formula is C12H17N3O. The van der Waals surface area contributed by atoms with Crippen LogP contribution in [0, 0.1) is 5.92 Å². The summed E-state index contributed by atoms with van der Waals surface area (Å²) in [6.45, 7) is 3.71. The Balaban J connectivity index is 2.28. The number of nitrogens with two attached hydrogens (primary N) is 1. The zero-order valence-electron chi connectivity index (χ0n) is 9.68. The Kier molecular flexibility index (Phi) is 3.10. The molecule has 0 aliphatic heterocycles. The summed E-state index contributed by atoms with van der Waals surface area (Å²) in [5.74, 6) is 1.40. The first kappa shape index (κ1) is 11.0. The Morgan fingerprint density at radius 1 is 1.50 bits per heavy atom. The van der Waals surface area contributed by atoms with Gasteiger partial charge in [0.05, 0.1) is 11.6 Å². The lowest BCUT2D eigenvalue weighted by Crippen LogP contribution is -2.28. The highest BCUT2D eigenvalue weighted by Gasteiger charge is 2.11. The van der Waals surface area contributed by atoms with Crippen molar-refractivity contribution >= 4 is 16.8 Å². The summed E-state index contributed by atoms with van der Waals surface area (Å²) in [4.78, 5) is 6.51. The first-order valence-corrected chi connectivity index (χ1v) is 5.45. The number of nitrogens with zero attached hydrogens (tertiary/aromatic N) is 2. The maximum absolute atomic E-state index is 5.63. The summed E-state index contributed by atoms with van der Waals surface area (Å²) in [5.41, 5.74) is 6.50. The molecule has 4 heteroatoms. The third-order valence-corrected chi connectivity index (χ3v) is 2.71. The van der Waals surface area contributed by atoms with Crippen molar-refractivity contribution in [2.24, 2.45) is 11.7 Å². The number of rotatable bonds is 4. The quantitative estimate of drug-likeness (QED) is 0.852. The predicted octanol–water partition coefficient (Wildman–Crippen LogP) is 1.86. The zero-order valence-corrected chi connectivity index (χ0v) is 9.68. The summed E-state index contributed by atoms with van der Waals surface area (Å²) >= 11 is 0. The summed E-state index contributed by atoms with van der Waals surface area (Å²) in [7, 11) is 2.03. The summed E-state index contributed by atoms with van der Waals surface area (Å²) in [5, 5.41) is 1.05. The third-order valence-electron chi connectivity index (χ3n) is 2.71. The van der Waals surface area contributed by atoms with E-state index in [1.54, 1.807) is 12.5 Å². The predicted molar refractivity (Wildman–Crippen MR) is 65.5 cm³/mol. The SMILES string of the molecule is CC(CN)CN(C)c1nccc2occc12. The van der Waals surface area contributed by atoms with Crippen LogP contribution in [0.25, 0.3) is 11.0 Å². The molecule has 0 aromatic carbocycles. The lowest BCUT2D eigenvalue weighted by Gasteiger charge is -2.21. The van der Waals surface area contributed by atoms with Gasteiger partial charge in [-0.2, -0.15) is 0 Å². The van der Waals surface area contributed by atoms with E-state index in [0.29, 0.717) is 12.5 Å². The molecule has 0 fully saturated rings. The van der Waals surface area contributed by atoms with Gasteiger partial charge in [0, 0.05) is 19.8 Å². The van der Waals surface area contributed by atoms with Crippen LogP contribution in [0.5, 0.6) is 0 Å². The summed E-state index contributed by atoms with van der Waals surface area (Å²) in [6, 6.07) is 3.82. The molecule has 0 aliphatic rings. The van der Waals surface area contributed by atoms with Crippen LogP contribution >= 0.6 is 0 Å². The van der Waals surface area contributed by atoms with Gasteiger partial charge in [0.1, 0.15) is 11.4 Å². The van der Waals surface area contributed by atoms with Gasteiger partial charge in [-0.15, -0.1) is 0 Å². The fraction of sp³-hybridized carbons (Fsp3) is 0.417. The number of furan rings is 1. The van der Waals surface area contributed by atoms with Crippen LogP contribution in [-0.2, 0) is 0 Å². The smallest absolute Gasteiger partial charge is 0.139 e. The van der Waals surface area contributed by atoms with Gasteiger partial charge < -0.3 is 15.1 Å². The number of fused-ring (bicyclic) bond motifs is 1. The van der Waals surface area contributed by atoms with Gasteiger partial charge in [-0.05, 0) is 24.6 Å². The Bertz CT molecular complexity index is 466. The second-order valence-corrected chi connectivity index (χ2v) is 4.19. The third kappa shape index (κ3) is 2.02. The van der Waals surface area contributed by atoms with Crippen LogP contribution < -0.4 is 10.6 Å². The highest BCUT2D eigenvalue weighted by molar-refractivity contribution is 5.88. The first-order valence-electron chi connectivity index (χ1n) is 5.45. The average molecular weight is 219 g/mol. The fourth-order valence-electron chi connectivity index (χ4n) is 1.81. The minimum atomic E-state index is 0.453. The normalized spacial score (nSPS) is 12.9. The molecule has 0 saturated carbocycles. The van der Waals surface area contributed by atoms with Crippen molar-refractivity contribution < 1.29 is 4.42 Å². The van der Waals surface area contributed by atoms with E-state index >= 15 is 0 Å². The molecule has 0 aliphatic carbocycles. The van der Waals surface area contributed by atoms with Crippen LogP contribution in [0.15, 0.2) is 29.0 Å². The lowest BCUT2D eigenvalue weighted by atomic mass is 10.1. The van der Waals surface area contributed by atoms with E-state index in [2.05, 4.69) is 16.8 Å². The van der Waals surface area contributed by atoms with Gasteiger partial charge in [-0.1, -0.05) is 6.92 Å². The van der Waals surface area contributed by atoms with E-state index in [4.69, 9.17) is 10.2 Å². The highest BCUT2D eigenvalue weighted by Crippen LogP contribution is 2.24. The molecule has 0 bridgehead atoms.